The molecular formula is C28H28FN3O3. The molecule has 180 valence electrons. The highest BCUT2D eigenvalue weighted by Gasteiger charge is 2.23. The number of hydrogen-bond acceptors (Lipinski definition) is 4. The molecule has 1 heterocycles. The number of furan rings is 1. The van der Waals surface area contributed by atoms with E-state index < -0.39 is 0 Å². The number of fused-ring (bicyclic) bond motifs is 1. The Kier molecular flexibility index (Phi) is 6.45. The summed E-state index contributed by atoms with van der Waals surface area (Å²) < 4.78 is 19.5. The minimum absolute atomic E-state index is 0.184. The Bertz CT molecular complexity index is 1420. The molecule has 6 nitrogen and oxygen atoms in total. The van der Waals surface area contributed by atoms with Crippen LogP contribution in [0.15, 0.2) is 65.1 Å². The van der Waals surface area contributed by atoms with Crippen LogP contribution in [-0.2, 0) is 6.54 Å². The molecule has 7 heteroatoms. The Hall–Kier alpha value is -3.97. The van der Waals surface area contributed by atoms with Crippen LogP contribution in [0.5, 0.6) is 0 Å². The van der Waals surface area contributed by atoms with Gasteiger partial charge in [0.25, 0.3) is 11.8 Å². The molecule has 2 amide bonds. The molecule has 0 aliphatic heterocycles. The van der Waals surface area contributed by atoms with Crippen LogP contribution in [0.4, 0.5) is 4.39 Å². The first-order chi connectivity index (χ1) is 16.6. The number of halogens is 1. The molecule has 0 unspecified atom stereocenters. The predicted octanol–water partition coefficient (Wildman–Crippen LogP) is 5.25. The van der Waals surface area contributed by atoms with Crippen LogP contribution in [0.3, 0.4) is 0 Å². The zero-order valence-electron chi connectivity index (χ0n) is 20.2. The van der Waals surface area contributed by atoms with Crippen molar-refractivity contribution < 1.29 is 18.4 Å². The smallest absolute Gasteiger partial charge is 0.255 e. The summed E-state index contributed by atoms with van der Waals surface area (Å²) in [6.45, 7) is 6.05. The molecule has 0 aliphatic carbocycles. The van der Waals surface area contributed by atoms with Crippen molar-refractivity contribution >= 4 is 22.8 Å². The van der Waals surface area contributed by atoms with Gasteiger partial charge in [0.05, 0.1) is 5.56 Å². The number of hydrogen-bond donors (Lipinski definition) is 3. The van der Waals surface area contributed by atoms with Gasteiger partial charge in [0, 0.05) is 35.6 Å². The van der Waals surface area contributed by atoms with E-state index >= 15 is 0 Å². The van der Waals surface area contributed by atoms with Crippen LogP contribution in [0.1, 0.15) is 47.1 Å². The van der Waals surface area contributed by atoms with Gasteiger partial charge in [-0.1, -0.05) is 12.1 Å². The number of rotatable bonds is 5. The quantitative estimate of drug-likeness (QED) is 0.369. The average Bonchev–Trinajstić information content (AvgIpc) is 3.21. The molecule has 4 rings (SSSR count). The number of nitrogens with two attached hydrogens (primary N) is 1. The third kappa shape index (κ3) is 4.95. The van der Waals surface area contributed by atoms with Gasteiger partial charge in [-0.15, -0.1) is 0 Å². The highest BCUT2D eigenvalue weighted by atomic mass is 19.1. The van der Waals surface area contributed by atoms with Crippen LogP contribution in [0.2, 0.25) is 0 Å². The molecule has 0 radical (unpaired) electrons. The van der Waals surface area contributed by atoms with Gasteiger partial charge in [-0.3, -0.25) is 9.59 Å². The third-order valence-corrected chi connectivity index (χ3v) is 5.64. The summed E-state index contributed by atoms with van der Waals surface area (Å²) >= 11 is 0. The lowest BCUT2D eigenvalue weighted by atomic mass is 9.94. The first-order valence-corrected chi connectivity index (χ1v) is 11.3. The van der Waals surface area contributed by atoms with Gasteiger partial charge in [-0.05, 0) is 86.0 Å². The van der Waals surface area contributed by atoms with Gasteiger partial charge in [0.15, 0.2) is 0 Å². The lowest BCUT2D eigenvalue weighted by molar-refractivity contribution is 0.0918. The van der Waals surface area contributed by atoms with Crippen LogP contribution < -0.4 is 16.4 Å². The molecule has 0 saturated carbocycles. The SMILES string of the molecule is CNC(=O)c1c(-c2ccc(F)cc2)oc2ccc(-c3cc(C(=O)NC(C)(C)C)ccc3CN)cc12. The van der Waals surface area contributed by atoms with E-state index in [1.165, 1.54) is 12.1 Å². The van der Waals surface area contributed by atoms with E-state index in [0.29, 0.717) is 33.4 Å². The summed E-state index contributed by atoms with van der Waals surface area (Å²) in [5.41, 5.74) is 10.0. The minimum atomic E-state index is -0.377. The molecule has 3 aromatic carbocycles. The van der Waals surface area contributed by atoms with Crippen molar-refractivity contribution in [2.24, 2.45) is 5.73 Å². The summed E-state index contributed by atoms with van der Waals surface area (Å²) in [6, 6.07) is 16.7. The van der Waals surface area contributed by atoms with Gasteiger partial charge < -0.3 is 20.8 Å². The van der Waals surface area contributed by atoms with Crippen molar-refractivity contribution in [1.82, 2.24) is 10.6 Å². The van der Waals surface area contributed by atoms with E-state index in [-0.39, 0.29) is 29.7 Å². The van der Waals surface area contributed by atoms with Crippen LogP contribution in [-0.4, -0.2) is 24.4 Å². The zero-order valence-corrected chi connectivity index (χ0v) is 20.2. The molecule has 0 bridgehead atoms. The second-order valence-electron chi connectivity index (χ2n) is 9.38. The maximum absolute atomic E-state index is 13.5. The van der Waals surface area contributed by atoms with Crippen LogP contribution >= 0.6 is 0 Å². The Balaban J connectivity index is 1.88. The Labute approximate surface area is 203 Å². The van der Waals surface area contributed by atoms with Gasteiger partial charge >= 0.3 is 0 Å². The molecule has 4 aromatic rings. The fraction of sp³-hybridized carbons (Fsp3) is 0.214. The number of benzene rings is 3. The van der Waals surface area contributed by atoms with Crippen molar-refractivity contribution in [1.29, 1.82) is 0 Å². The average molecular weight is 474 g/mol. The molecule has 0 spiro atoms. The zero-order chi connectivity index (χ0) is 25.3. The van der Waals surface area contributed by atoms with E-state index in [9.17, 15) is 14.0 Å². The number of nitrogens with one attached hydrogen (secondary N) is 2. The van der Waals surface area contributed by atoms with Gasteiger partial charge in [0.1, 0.15) is 17.2 Å². The van der Waals surface area contributed by atoms with Gasteiger partial charge in [0.2, 0.25) is 0 Å². The fourth-order valence-corrected chi connectivity index (χ4v) is 4.00. The molecule has 4 N–H and O–H groups in total. The van der Waals surface area contributed by atoms with Crippen molar-refractivity contribution in [3.63, 3.8) is 0 Å². The van der Waals surface area contributed by atoms with Crippen molar-refractivity contribution in [2.45, 2.75) is 32.9 Å². The largest absolute Gasteiger partial charge is 0.455 e. The number of amides is 2. The van der Waals surface area contributed by atoms with E-state index in [4.69, 9.17) is 10.2 Å². The summed E-state index contributed by atoms with van der Waals surface area (Å²) in [5, 5.41) is 6.24. The summed E-state index contributed by atoms with van der Waals surface area (Å²) in [5.74, 6) is -0.527. The first-order valence-electron chi connectivity index (χ1n) is 11.3. The highest BCUT2D eigenvalue weighted by Crippen LogP contribution is 2.37. The van der Waals surface area contributed by atoms with E-state index in [2.05, 4.69) is 10.6 Å². The first kappa shape index (κ1) is 24.2. The second-order valence-corrected chi connectivity index (χ2v) is 9.38. The third-order valence-electron chi connectivity index (χ3n) is 5.64. The normalized spacial score (nSPS) is 11.5. The predicted molar refractivity (Wildman–Crippen MR) is 136 cm³/mol. The second kappa shape index (κ2) is 9.35. The summed E-state index contributed by atoms with van der Waals surface area (Å²) in [4.78, 5) is 25.7. The number of carbonyl (C=O) groups is 2. The molecule has 0 atom stereocenters. The van der Waals surface area contributed by atoms with Crippen molar-refractivity contribution in [3.8, 4) is 22.5 Å². The molecule has 1 aromatic heterocycles. The lowest BCUT2D eigenvalue weighted by Gasteiger charge is -2.21. The standard InChI is InChI=1S/C28H28FN3O3/c1-28(2,3)32-26(33)18-5-6-19(15-30)21(14-18)17-9-12-23-22(13-17)24(27(34)31-4)25(35-23)16-7-10-20(29)11-8-16/h5-14H,15,30H2,1-4H3,(H,31,34)(H,32,33). The number of carbonyl (C=O) groups excluding carboxylic acids is 2. The molecule has 35 heavy (non-hydrogen) atoms. The van der Waals surface area contributed by atoms with E-state index in [1.54, 1.807) is 31.3 Å². The van der Waals surface area contributed by atoms with Crippen LogP contribution in [0.25, 0.3) is 33.4 Å². The van der Waals surface area contributed by atoms with Crippen molar-refractivity contribution in [3.05, 3.63) is 83.2 Å². The Morgan fingerprint density at radius 3 is 2.26 bits per heavy atom. The molecular weight excluding hydrogens is 445 g/mol. The maximum Gasteiger partial charge on any atom is 0.255 e. The highest BCUT2D eigenvalue weighted by molar-refractivity contribution is 6.12. The monoisotopic (exact) mass is 473 g/mol. The van der Waals surface area contributed by atoms with E-state index in [1.807, 2.05) is 45.0 Å². The maximum atomic E-state index is 13.5. The lowest BCUT2D eigenvalue weighted by Crippen LogP contribution is -2.40. The minimum Gasteiger partial charge on any atom is -0.455 e. The van der Waals surface area contributed by atoms with Crippen molar-refractivity contribution in [2.75, 3.05) is 7.05 Å². The van der Waals surface area contributed by atoms with Gasteiger partial charge in [-0.2, -0.15) is 0 Å². The topological polar surface area (TPSA) is 97.4 Å². The Morgan fingerprint density at radius 2 is 1.63 bits per heavy atom. The van der Waals surface area contributed by atoms with E-state index in [0.717, 1.165) is 16.7 Å². The fourth-order valence-electron chi connectivity index (χ4n) is 4.00. The molecule has 0 fully saturated rings. The van der Waals surface area contributed by atoms with Crippen LogP contribution in [0, 0.1) is 5.82 Å². The Morgan fingerprint density at radius 1 is 0.943 bits per heavy atom. The molecule has 0 saturated heterocycles. The molecule has 0 aliphatic rings. The summed E-state index contributed by atoms with van der Waals surface area (Å²) in [6.07, 6.45) is 0. The van der Waals surface area contributed by atoms with Gasteiger partial charge in [-0.25, -0.2) is 4.39 Å². The summed E-state index contributed by atoms with van der Waals surface area (Å²) in [7, 11) is 1.54.